The number of nitrogens with zero attached hydrogens (tertiary/aromatic N) is 1. The van der Waals surface area contributed by atoms with Gasteiger partial charge in [-0.1, -0.05) is 30.5 Å². The van der Waals surface area contributed by atoms with Gasteiger partial charge >= 0.3 is 6.18 Å². The third-order valence-electron chi connectivity index (χ3n) is 7.41. The van der Waals surface area contributed by atoms with Gasteiger partial charge < -0.3 is 4.74 Å². The number of rotatable bonds is 8. The maximum atomic E-state index is 14.7. The number of hydrogen-bond acceptors (Lipinski definition) is 4. The van der Waals surface area contributed by atoms with Gasteiger partial charge in [-0.05, 0) is 87.0 Å². The summed E-state index contributed by atoms with van der Waals surface area (Å²) in [4.78, 5) is 14.4. The van der Waals surface area contributed by atoms with Crippen LogP contribution < -0.4 is 9.46 Å². The molecule has 1 atom stereocenters. The van der Waals surface area contributed by atoms with E-state index in [0.717, 1.165) is 49.3 Å². The van der Waals surface area contributed by atoms with E-state index in [0.29, 0.717) is 31.0 Å². The maximum Gasteiger partial charge on any atom is 0.416 e. The van der Waals surface area contributed by atoms with Gasteiger partial charge in [0.2, 0.25) is 0 Å². The standard InChI is InChI=1S/C27H31ClF4N2O2S/c1-16(18-10-19(27(30,31)32)12-20(28)11-18)34-8-6-26(2,7-9-34)15-36-24-14-23(29)22(25(35)33-37-3)13-21(24)17-4-5-17/h10-14,16-17H,4-9,15H2,1-3H3,(H,33,35). The molecule has 1 aliphatic carbocycles. The highest BCUT2D eigenvalue weighted by Crippen LogP contribution is 2.46. The second kappa shape index (κ2) is 11.0. The van der Waals surface area contributed by atoms with Gasteiger partial charge in [0.25, 0.3) is 5.91 Å². The molecule has 1 aliphatic heterocycles. The molecule has 202 valence electrons. The van der Waals surface area contributed by atoms with E-state index in [-0.39, 0.29) is 28.0 Å². The van der Waals surface area contributed by atoms with E-state index < -0.39 is 23.5 Å². The monoisotopic (exact) mass is 558 g/mol. The molecule has 2 aromatic rings. The molecule has 2 aromatic carbocycles. The molecule has 10 heteroatoms. The fourth-order valence-electron chi connectivity index (χ4n) is 4.81. The Kier molecular flexibility index (Phi) is 8.36. The van der Waals surface area contributed by atoms with Gasteiger partial charge in [0.15, 0.2) is 0 Å². The smallest absolute Gasteiger partial charge is 0.416 e. The number of alkyl halides is 3. The van der Waals surface area contributed by atoms with Crippen molar-refractivity contribution in [1.29, 1.82) is 0 Å². The summed E-state index contributed by atoms with van der Waals surface area (Å²) in [6.07, 6.45) is 0.771. The number of likely N-dealkylation sites (tertiary alicyclic amines) is 1. The predicted octanol–water partition coefficient (Wildman–Crippen LogP) is 7.63. The summed E-state index contributed by atoms with van der Waals surface area (Å²) in [5, 5.41) is 0.0718. The summed E-state index contributed by atoms with van der Waals surface area (Å²) < 4.78 is 63.2. The van der Waals surface area contributed by atoms with Gasteiger partial charge in [0, 0.05) is 28.8 Å². The van der Waals surface area contributed by atoms with Crippen LogP contribution in [0.15, 0.2) is 30.3 Å². The van der Waals surface area contributed by atoms with Crippen molar-refractivity contribution < 1.29 is 27.1 Å². The molecule has 0 aromatic heterocycles. The predicted molar refractivity (Wildman–Crippen MR) is 139 cm³/mol. The fraction of sp³-hybridized carbons (Fsp3) is 0.519. The van der Waals surface area contributed by atoms with Crippen LogP contribution in [0.3, 0.4) is 0 Å². The van der Waals surface area contributed by atoms with E-state index in [1.807, 2.05) is 6.92 Å². The third kappa shape index (κ3) is 6.73. The molecule has 37 heavy (non-hydrogen) atoms. The first-order valence-corrected chi connectivity index (χ1v) is 13.9. The van der Waals surface area contributed by atoms with Crippen LogP contribution in [0.1, 0.15) is 78.5 Å². The van der Waals surface area contributed by atoms with Gasteiger partial charge in [0.05, 0.1) is 17.7 Å². The number of halogens is 5. The number of amides is 1. The normalized spacial score (nSPS) is 18.9. The summed E-state index contributed by atoms with van der Waals surface area (Å²) in [5.74, 6) is -0.323. The summed E-state index contributed by atoms with van der Waals surface area (Å²) in [6, 6.07) is 6.42. The van der Waals surface area contributed by atoms with Crippen molar-refractivity contribution in [2.75, 3.05) is 26.0 Å². The van der Waals surface area contributed by atoms with E-state index in [1.54, 1.807) is 18.4 Å². The van der Waals surface area contributed by atoms with Crippen molar-refractivity contribution in [3.8, 4) is 5.75 Å². The molecule has 0 bridgehead atoms. The number of ether oxygens (including phenoxy) is 1. The van der Waals surface area contributed by atoms with Gasteiger partial charge in [0.1, 0.15) is 11.6 Å². The summed E-state index contributed by atoms with van der Waals surface area (Å²) in [7, 11) is 0. The summed E-state index contributed by atoms with van der Waals surface area (Å²) in [5.41, 5.74) is 0.506. The molecule has 0 spiro atoms. The Hall–Kier alpha value is -1.97. The van der Waals surface area contributed by atoms with Gasteiger partial charge in [-0.3, -0.25) is 14.4 Å². The molecule has 1 unspecified atom stereocenters. The van der Waals surface area contributed by atoms with Crippen LogP contribution in [0.2, 0.25) is 5.02 Å². The van der Waals surface area contributed by atoms with Crippen LogP contribution in [-0.2, 0) is 6.18 Å². The highest BCUT2D eigenvalue weighted by molar-refractivity contribution is 7.97. The van der Waals surface area contributed by atoms with Crippen LogP contribution >= 0.6 is 23.5 Å². The molecule has 1 heterocycles. The molecule has 4 nitrogen and oxygen atoms in total. The van der Waals surface area contributed by atoms with Crippen LogP contribution in [0.4, 0.5) is 17.6 Å². The molecule has 1 amide bonds. The van der Waals surface area contributed by atoms with Crippen molar-refractivity contribution in [2.24, 2.45) is 5.41 Å². The highest BCUT2D eigenvalue weighted by atomic mass is 35.5. The molecule has 1 saturated carbocycles. The van der Waals surface area contributed by atoms with Crippen molar-refractivity contribution in [1.82, 2.24) is 9.62 Å². The Labute approximate surface area is 224 Å². The Morgan fingerprint density at radius 1 is 1.22 bits per heavy atom. The number of piperidine rings is 1. The summed E-state index contributed by atoms with van der Waals surface area (Å²) in [6.45, 7) is 5.77. The first kappa shape index (κ1) is 28.0. The topological polar surface area (TPSA) is 41.6 Å². The number of nitrogens with one attached hydrogen (secondary N) is 1. The van der Waals surface area contributed by atoms with E-state index in [1.165, 1.54) is 12.1 Å². The number of benzene rings is 2. The first-order chi connectivity index (χ1) is 17.4. The molecular formula is C27H31ClF4N2O2S. The zero-order valence-electron chi connectivity index (χ0n) is 21.1. The number of carbonyl (C=O) groups is 1. The Bertz CT molecular complexity index is 1150. The van der Waals surface area contributed by atoms with Crippen molar-refractivity contribution in [2.45, 2.75) is 57.7 Å². The second-order valence-corrected chi connectivity index (χ2v) is 11.4. The lowest BCUT2D eigenvalue weighted by atomic mass is 9.80. The van der Waals surface area contributed by atoms with E-state index in [4.69, 9.17) is 16.3 Å². The minimum atomic E-state index is -4.45. The van der Waals surface area contributed by atoms with Gasteiger partial charge in [-0.2, -0.15) is 13.2 Å². The van der Waals surface area contributed by atoms with Crippen LogP contribution in [0.25, 0.3) is 0 Å². The first-order valence-electron chi connectivity index (χ1n) is 12.3. The highest BCUT2D eigenvalue weighted by Gasteiger charge is 2.36. The Morgan fingerprint density at radius 3 is 2.49 bits per heavy atom. The number of hydrogen-bond donors (Lipinski definition) is 1. The van der Waals surface area contributed by atoms with Crippen molar-refractivity contribution >= 4 is 29.5 Å². The minimum absolute atomic E-state index is 0.0202. The molecule has 0 radical (unpaired) electrons. The second-order valence-electron chi connectivity index (χ2n) is 10.4. The van der Waals surface area contributed by atoms with Crippen molar-refractivity contribution in [3.63, 3.8) is 0 Å². The molecule has 4 rings (SSSR count). The largest absolute Gasteiger partial charge is 0.493 e. The number of carbonyl (C=O) groups excluding carboxylic acids is 1. The van der Waals surface area contributed by atoms with Crippen LogP contribution in [-0.4, -0.2) is 36.8 Å². The summed E-state index contributed by atoms with van der Waals surface area (Å²) >= 11 is 7.11. The van der Waals surface area contributed by atoms with Gasteiger partial charge in [-0.25, -0.2) is 4.39 Å². The molecule has 2 fully saturated rings. The fourth-order valence-corrected chi connectivity index (χ4v) is 5.35. The average molecular weight is 559 g/mol. The lowest BCUT2D eigenvalue weighted by Crippen LogP contribution is -2.42. The Balaban J connectivity index is 1.41. The van der Waals surface area contributed by atoms with Crippen molar-refractivity contribution in [3.05, 3.63) is 63.4 Å². The maximum absolute atomic E-state index is 14.7. The third-order valence-corrected chi connectivity index (χ3v) is 8.02. The van der Waals surface area contributed by atoms with Gasteiger partial charge in [-0.15, -0.1) is 0 Å². The zero-order chi connectivity index (χ0) is 27.0. The molecular weight excluding hydrogens is 528 g/mol. The minimum Gasteiger partial charge on any atom is -0.493 e. The van der Waals surface area contributed by atoms with E-state index in [9.17, 15) is 22.4 Å². The molecule has 1 N–H and O–H groups in total. The van der Waals surface area contributed by atoms with E-state index >= 15 is 0 Å². The lowest BCUT2D eigenvalue weighted by Gasteiger charge is -2.42. The SMILES string of the molecule is CSNC(=O)c1cc(C2CC2)c(OCC2(C)CCN(C(C)c3cc(Cl)cc(C(F)(F)F)c3)CC2)cc1F. The molecule has 1 saturated heterocycles. The zero-order valence-corrected chi connectivity index (χ0v) is 22.6. The quantitative estimate of drug-likeness (QED) is 0.267. The van der Waals surface area contributed by atoms with Crippen LogP contribution in [0, 0.1) is 11.2 Å². The average Bonchev–Trinajstić information content (AvgIpc) is 3.67. The van der Waals surface area contributed by atoms with Crippen LogP contribution in [0.5, 0.6) is 5.75 Å². The molecule has 2 aliphatic rings. The Morgan fingerprint density at radius 2 is 1.89 bits per heavy atom. The lowest BCUT2D eigenvalue weighted by molar-refractivity contribution is -0.137. The van der Waals surface area contributed by atoms with E-state index in [2.05, 4.69) is 16.5 Å².